The predicted molar refractivity (Wildman–Crippen MR) is 110 cm³/mol. The maximum atomic E-state index is 13.1. The van der Waals surface area contributed by atoms with E-state index in [2.05, 4.69) is 10.1 Å². The van der Waals surface area contributed by atoms with E-state index in [4.69, 9.17) is 9.47 Å². The van der Waals surface area contributed by atoms with Crippen LogP contribution < -0.4 is 14.8 Å². The van der Waals surface area contributed by atoms with Gasteiger partial charge in [-0.3, -0.25) is 14.5 Å². The van der Waals surface area contributed by atoms with Crippen LogP contribution in [-0.2, 0) is 14.3 Å². The highest BCUT2D eigenvalue weighted by Crippen LogP contribution is 2.32. The highest BCUT2D eigenvalue weighted by molar-refractivity contribution is 6.36. The van der Waals surface area contributed by atoms with Gasteiger partial charge >= 0.3 is 6.36 Å². The Morgan fingerprint density at radius 1 is 0.906 bits per heavy atom. The molecule has 0 unspecified atom stereocenters. The largest absolute Gasteiger partial charge is 0.573 e. The molecule has 0 fully saturated rings. The Kier molecular flexibility index (Phi) is 7.04. The van der Waals surface area contributed by atoms with Crippen molar-refractivity contribution in [3.8, 4) is 11.5 Å². The van der Waals surface area contributed by atoms with Crippen molar-refractivity contribution in [1.29, 1.82) is 0 Å². The molecule has 0 aliphatic carbocycles. The van der Waals surface area contributed by atoms with Gasteiger partial charge in [0.05, 0.1) is 12.7 Å². The van der Waals surface area contributed by atoms with Gasteiger partial charge in [-0.2, -0.15) is 0 Å². The van der Waals surface area contributed by atoms with E-state index in [-0.39, 0.29) is 17.8 Å². The van der Waals surface area contributed by atoms with E-state index in [9.17, 15) is 22.8 Å². The lowest BCUT2D eigenvalue weighted by Gasteiger charge is -2.15. The number of hydrogen-bond donors (Lipinski definition) is 1. The third kappa shape index (κ3) is 5.38. The van der Waals surface area contributed by atoms with Crippen LogP contribution in [0.25, 0.3) is 5.57 Å². The molecule has 170 valence electrons. The van der Waals surface area contributed by atoms with E-state index in [0.29, 0.717) is 30.0 Å². The SMILES string of the molecule is COCCCN1C(=O)C(Nc2ccc(OC(F)(F)F)cc2)=C(c2ccc(OC)cc2)C1=O. The first-order valence-electron chi connectivity index (χ1n) is 9.60. The van der Waals surface area contributed by atoms with Gasteiger partial charge in [0, 0.05) is 25.9 Å². The Morgan fingerprint density at radius 3 is 2.09 bits per heavy atom. The molecule has 10 heteroatoms. The van der Waals surface area contributed by atoms with E-state index in [1.807, 2.05) is 0 Å². The third-order valence-corrected chi connectivity index (χ3v) is 4.63. The molecule has 1 heterocycles. The Hall–Kier alpha value is -3.53. The zero-order chi connectivity index (χ0) is 23.3. The second-order valence-corrected chi connectivity index (χ2v) is 6.78. The maximum absolute atomic E-state index is 13.1. The zero-order valence-corrected chi connectivity index (χ0v) is 17.4. The normalized spacial score (nSPS) is 14.2. The molecular weight excluding hydrogens is 429 g/mol. The number of halogens is 3. The Bertz CT molecular complexity index is 1000. The van der Waals surface area contributed by atoms with Crippen molar-refractivity contribution in [1.82, 2.24) is 4.90 Å². The minimum absolute atomic E-state index is 0.0297. The Balaban J connectivity index is 1.92. The molecule has 0 saturated heterocycles. The topological polar surface area (TPSA) is 77.1 Å². The van der Waals surface area contributed by atoms with Crippen molar-refractivity contribution >= 4 is 23.1 Å². The van der Waals surface area contributed by atoms with Gasteiger partial charge in [0.15, 0.2) is 0 Å². The molecule has 2 aromatic carbocycles. The Labute approximate surface area is 182 Å². The summed E-state index contributed by atoms with van der Waals surface area (Å²) in [5, 5.41) is 2.88. The Morgan fingerprint density at radius 2 is 1.53 bits per heavy atom. The van der Waals surface area contributed by atoms with E-state index < -0.39 is 23.9 Å². The molecule has 0 radical (unpaired) electrons. The average Bonchev–Trinajstić information content (AvgIpc) is 2.98. The summed E-state index contributed by atoms with van der Waals surface area (Å²) in [5.74, 6) is -0.830. The summed E-state index contributed by atoms with van der Waals surface area (Å²) in [4.78, 5) is 27.2. The lowest BCUT2D eigenvalue weighted by molar-refractivity contribution is -0.274. The molecule has 32 heavy (non-hydrogen) atoms. The van der Waals surface area contributed by atoms with Gasteiger partial charge in [-0.15, -0.1) is 13.2 Å². The van der Waals surface area contributed by atoms with Gasteiger partial charge in [0.2, 0.25) is 0 Å². The van der Waals surface area contributed by atoms with Crippen molar-refractivity contribution in [3.05, 3.63) is 59.8 Å². The first-order valence-corrected chi connectivity index (χ1v) is 9.60. The number of nitrogens with zero attached hydrogens (tertiary/aromatic N) is 1. The van der Waals surface area contributed by atoms with Crippen molar-refractivity contribution in [2.45, 2.75) is 12.8 Å². The molecule has 0 bridgehead atoms. The maximum Gasteiger partial charge on any atom is 0.573 e. The van der Waals surface area contributed by atoms with Gasteiger partial charge in [-0.25, -0.2) is 0 Å². The minimum atomic E-state index is -4.81. The number of benzene rings is 2. The smallest absolute Gasteiger partial charge is 0.497 e. The number of amides is 2. The molecule has 0 saturated carbocycles. The molecule has 0 spiro atoms. The fourth-order valence-corrected chi connectivity index (χ4v) is 3.17. The van der Waals surface area contributed by atoms with E-state index in [0.717, 1.165) is 17.0 Å². The second kappa shape index (κ2) is 9.73. The number of methoxy groups -OCH3 is 2. The van der Waals surface area contributed by atoms with Crippen molar-refractivity contribution in [2.75, 3.05) is 32.7 Å². The van der Waals surface area contributed by atoms with Crippen LogP contribution in [0.5, 0.6) is 11.5 Å². The number of anilines is 1. The summed E-state index contributed by atoms with van der Waals surface area (Å²) in [6.45, 7) is 0.535. The first-order chi connectivity index (χ1) is 15.2. The van der Waals surface area contributed by atoms with Crippen LogP contribution in [0.2, 0.25) is 0 Å². The average molecular weight is 450 g/mol. The molecule has 2 amide bonds. The number of imide groups is 1. The van der Waals surface area contributed by atoms with Gasteiger partial charge in [-0.1, -0.05) is 12.1 Å². The monoisotopic (exact) mass is 450 g/mol. The predicted octanol–water partition coefficient (Wildman–Crippen LogP) is 3.82. The summed E-state index contributed by atoms with van der Waals surface area (Å²) in [6, 6.07) is 11.5. The molecule has 2 aromatic rings. The molecule has 0 atom stereocenters. The number of ether oxygens (including phenoxy) is 3. The number of carbonyl (C=O) groups is 2. The molecule has 3 rings (SSSR count). The van der Waals surface area contributed by atoms with Crippen LogP contribution in [0.15, 0.2) is 54.2 Å². The van der Waals surface area contributed by atoms with E-state index in [1.165, 1.54) is 26.4 Å². The van der Waals surface area contributed by atoms with Gasteiger partial charge < -0.3 is 19.5 Å². The van der Waals surface area contributed by atoms with Crippen LogP contribution >= 0.6 is 0 Å². The zero-order valence-electron chi connectivity index (χ0n) is 17.4. The van der Waals surface area contributed by atoms with Crippen molar-refractivity contribution < 1.29 is 37.0 Å². The number of hydrogen-bond acceptors (Lipinski definition) is 6. The van der Waals surface area contributed by atoms with Gasteiger partial charge in [0.1, 0.15) is 17.2 Å². The summed E-state index contributed by atoms with van der Waals surface area (Å²) in [7, 11) is 3.03. The molecule has 1 aliphatic heterocycles. The number of carbonyl (C=O) groups excluding carboxylic acids is 2. The molecule has 7 nitrogen and oxygen atoms in total. The van der Waals surface area contributed by atoms with Crippen LogP contribution in [0.1, 0.15) is 12.0 Å². The third-order valence-electron chi connectivity index (χ3n) is 4.63. The minimum Gasteiger partial charge on any atom is -0.497 e. The molecule has 0 aromatic heterocycles. The number of alkyl halides is 3. The molecule has 1 N–H and O–H groups in total. The summed E-state index contributed by atoms with van der Waals surface area (Å²) >= 11 is 0. The van der Waals surface area contributed by atoms with E-state index >= 15 is 0 Å². The highest BCUT2D eigenvalue weighted by Gasteiger charge is 2.39. The lowest BCUT2D eigenvalue weighted by Crippen LogP contribution is -2.33. The van der Waals surface area contributed by atoms with Gasteiger partial charge in [0.25, 0.3) is 11.8 Å². The van der Waals surface area contributed by atoms with Gasteiger partial charge in [-0.05, 0) is 48.4 Å². The standard InChI is InChI=1S/C22H21F3N2O5/c1-30-13-3-12-27-20(28)18(14-4-8-16(31-2)9-5-14)19(21(27)29)26-15-6-10-17(11-7-15)32-22(23,24)25/h4-11,26H,3,12-13H2,1-2H3. The van der Waals surface area contributed by atoms with Crippen LogP contribution in [0.4, 0.5) is 18.9 Å². The lowest BCUT2D eigenvalue weighted by atomic mass is 10.0. The van der Waals surface area contributed by atoms with E-state index in [1.54, 1.807) is 24.3 Å². The second-order valence-electron chi connectivity index (χ2n) is 6.78. The van der Waals surface area contributed by atoms with Crippen molar-refractivity contribution in [3.63, 3.8) is 0 Å². The highest BCUT2D eigenvalue weighted by atomic mass is 19.4. The summed E-state index contributed by atoms with van der Waals surface area (Å²) < 4.78 is 51.1. The quantitative estimate of drug-likeness (QED) is 0.462. The number of nitrogens with one attached hydrogen (secondary N) is 1. The number of rotatable bonds is 9. The summed E-state index contributed by atoms with van der Waals surface area (Å²) in [5.41, 5.74) is 1.01. The fourth-order valence-electron chi connectivity index (χ4n) is 3.17. The van der Waals surface area contributed by atoms with Crippen LogP contribution in [0.3, 0.4) is 0 Å². The summed E-state index contributed by atoms with van der Waals surface area (Å²) in [6.07, 6.45) is -4.35. The fraction of sp³-hybridized carbons (Fsp3) is 0.273. The molecular formula is C22H21F3N2O5. The molecule has 1 aliphatic rings. The van der Waals surface area contributed by atoms with Crippen LogP contribution in [0, 0.1) is 0 Å². The van der Waals surface area contributed by atoms with Crippen LogP contribution in [-0.4, -0.2) is 50.4 Å². The first kappa shape index (κ1) is 23.1. The van der Waals surface area contributed by atoms with Crippen molar-refractivity contribution in [2.24, 2.45) is 0 Å².